The minimum atomic E-state index is 0.0645. The van der Waals surface area contributed by atoms with Crippen molar-refractivity contribution in [1.29, 1.82) is 0 Å². The molecule has 27 heavy (non-hydrogen) atoms. The van der Waals surface area contributed by atoms with Gasteiger partial charge in [0.15, 0.2) is 0 Å². The van der Waals surface area contributed by atoms with E-state index in [1.54, 1.807) is 6.08 Å². The number of nitrogens with zero attached hydrogens (tertiary/aromatic N) is 4. The second kappa shape index (κ2) is 8.06. The summed E-state index contributed by atoms with van der Waals surface area (Å²) in [4.78, 5) is 15.6. The molecular weight excluding hydrogens is 340 g/mol. The van der Waals surface area contributed by atoms with Crippen molar-refractivity contribution in [2.45, 2.75) is 19.0 Å². The number of aldehydes is 1. The number of ether oxygens (including phenoxy) is 1. The standard InChI is InChI=1S/C21H26N4O2/c1-23-20(18(15-22-23)16-24-10-13-27-14-11-24)21-19-6-3-2-5-17(19)7-9-25(21)8-4-12-26/h2-6,8,12,15,21H,7,9-11,13-14,16H2,1H3. The van der Waals surface area contributed by atoms with Gasteiger partial charge in [-0.15, -0.1) is 0 Å². The summed E-state index contributed by atoms with van der Waals surface area (Å²) in [5.41, 5.74) is 5.11. The minimum Gasteiger partial charge on any atom is -0.379 e. The summed E-state index contributed by atoms with van der Waals surface area (Å²) in [6.07, 6.45) is 7.31. The lowest BCUT2D eigenvalue weighted by atomic mass is 9.89. The number of carbonyl (C=O) groups is 1. The molecule has 1 atom stereocenters. The van der Waals surface area contributed by atoms with Crippen LogP contribution in [0.2, 0.25) is 0 Å². The van der Waals surface area contributed by atoms with Crippen LogP contribution in [0.5, 0.6) is 0 Å². The maximum atomic E-state index is 10.9. The molecule has 0 amide bonds. The molecule has 0 bridgehead atoms. The lowest BCUT2D eigenvalue weighted by Crippen LogP contribution is -2.37. The fourth-order valence-corrected chi connectivity index (χ4v) is 4.16. The predicted octanol–water partition coefficient (Wildman–Crippen LogP) is 1.91. The molecule has 1 unspecified atom stereocenters. The second-order valence-corrected chi connectivity index (χ2v) is 7.13. The lowest BCUT2D eigenvalue weighted by molar-refractivity contribution is -0.104. The molecule has 2 aliphatic heterocycles. The summed E-state index contributed by atoms with van der Waals surface area (Å²) >= 11 is 0. The van der Waals surface area contributed by atoms with Crippen LogP contribution >= 0.6 is 0 Å². The molecule has 0 N–H and O–H groups in total. The highest BCUT2D eigenvalue weighted by atomic mass is 16.5. The summed E-state index contributed by atoms with van der Waals surface area (Å²) in [5, 5.41) is 4.58. The average molecular weight is 366 g/mol. The van der Waals surface area contributed by atoms with Crippen LogP contribution in [0.1, 0.15) is 28.4 Å². The van der Waals surface area contributed by atoms with E-state index in [0.29, 0.717) is 0 Å². The molecule has 1 aromatic carbocycles. The van der Waals surface area contributed by atoms with Crippen LogP contribution in [0.3, 0.4) is 0 Å². The molecule has 0 saturated carbocycles. The van der Waals surface area contributed by atoms with Gasteiger partial charge in [-0.2, -0.15) is 5.10 Å². The molecule has 2 aliphatic rings. The van der Waals surface area contributed by atoms with Gasteiger partial charge in [-0.1, -0.05) is 24.3 Å². The van der Waals surface area contributed by atoms with E-state index in [1.165, 1.54) is 22.4 Å². The SMILES string of the molecule is Cn1ncc(CN2CCOCC2)c1C1c2ccccc2CCN1C=CC=O. The largest absolute Gasteiger partial charge is 0.379 e. The van der Waals surface area contributed by atoms with Gasteiger partial charge < -0.3 is 9.64 Å². The van der Waals surface area contributed by atoms with E-state index in [1.807, 2.05) is 24.1 Å². The summed E-state index contributed by atoms with van der Waals surface area (Å²) in [6, 6.07) is 8.67. The third-order valence-electron chi connectivity index (χ3n) is 5.50. The molecule has 0 aliphatic carbocycles. The monoisotopic (exact) mass is 366 g/mol. The zero-order chi connectivity index (χ0) is 18.6. The van der Waals surface area contributed by atoms with Crippen LogP contribution in [0, 0.1) is 0 Å². The van der Waals surface area contributed by atoms with Crippen molar-refractivity contribution < 1.29 is 9.53 Å². The highest BCUT2D eigenvalue weighted by Gasteiger charge is 2.31. The van der Waals surface area contributed by atoms with Gasteiger partial charge in [0.1, 0.15) is 6.29 Å². The quantitative estimate of drug-likeness (QED) is 0.598. The molecule has 1 aromatic heterocycles. The maximum absolute atomic E-state index is 10.9. The summed E-state index contributed by atoms with van der Waals surface area (Å²) in [6.45, 7) is 5.23. The van der Waals surface area contributed by atoms with Crippen LogP contribution in [0.25, 0.3) is 0 Å². The molecule has 6 nitrogen and oxygen atoms in total. The first-order valence-corrected chi connectivity index (χ1v) is 9.54. The van der Waals surface area contributed by atoms with Crippen molar-refractivity contribution in [2.24, 2.45) is 7.05 Å². The van der Waals surface area contributed by atoms with Crippen molar-refractivity contribution >= 4 is 6.29 Å². The molecule has 1 fully saturated rings. The molecule has 0 spiro atoms. The van der Waals surface area contributed by atoms with Crippen molar-refractivity contribution in [1.82, 2.24) is 19.6 Å². The van der Waals surface area contributed by atoms with Gasteiger partial charge in [-0.25, -0.2) is 0 Å². The summed E-state index contributed by atoms with van der Waals surface area (Å²) in [5.74, 6) is 0. The zero-order valence-corrected chi connectivity index (χ0v) is 15.8. The molecule has 6 heteroatoms. The Balaban J connectivity index is 1.73. The van der Waals surface area contributed by atoms with Crippen LogP contribution in [-0.4, -0.2) is 58.7 Å². The number of hydrogen-bond acceptors (Lipinski definition) is 5. The van der Waals surface area contributed by atoms with Gasteiger partial charge in [0.2, 0.25) is 0 Å². The highest BCUT2D eigenvalue weighted by Crippen LogP contribution is 2.37. The number of hydrogen-bond donors (Lipinski definition) is 0. The Morgan fingerprint density at radius 3 is 2.85 bits per heavy atom. The molecule has 4 rings (SSSR count). The Bertz CT molecular complexity index is 823. The van der Waals surface area contributed by atoms with E-state index in [4.69, 9.17) is 4.74 Å². The Labute approximate surface area is 160 Å². The van der Waals surface area contributed by atoms with Gasteiger partial charge >= 0.3 is 0 Å². The zero-order valence-electron chi connectivity index (χ0n) is 15.8. The van der Waals surface area contributed by atoms with Crippen LogP contribution in [0.4, 0.5) is 0 Å². The van der Waals surface area contributed by atoms with Crippen LogP contribution in [-0.2, 0) is 29.5 Å². The number of allylic oxidation sites excluding steroid dienone is 1. The normalized spacial score (nSPS) is 20.8. The van der Waals surface area contributed by atoms with Crippen LogP contribution < -0.4 is 0 Å². The third kappa shape index (κ3) is 3.68. The van der Waals surface area contributed by atoms with E-state index in [-0.39, 0.29) is 6.04 Å². The first-order valence-electron chi connectivity index (χ1n) is 9.54. The number of morpholine rings is 1. The lowest BCUT2D eigenvalue weighted by Gasteiger charge is -2.37. The first-order chi connectivity index (χ1) is 13.3. The Morgan fingerprint density at radius 2 is 2.04 bits per heavy atom. The number of aryl methyl sites for hydroxylation is 1. The number of carbonyl (C=O) groups excluding carboxylic acids is 1. The number of benzene rings is 1. The molecule has 3 heterocycles. The molecule has 1 saturated heterocycles. The minimum absolute atomic E-state index is 0.0645. The first kappa shape index (κ1) is 17.9. The van der Waals surface area contributed by atoms with Crippen molar-refractivity contribution in [3.63, 3.8) is 0 Å². The van der Waals surface area contributed by atoms with Crippen molar-refractivity contribution in [2.75, 3.05) is 32.8 Å². The van der Waals surface area contributed by atoms with Gasteiger partial charge in [-0.3, -0.25) is 14.4 Å². The van der Waals surface area contributed by atoms with Crippen LogP contribution in [0.15, 0.2) is 42.7 Å². The number of rotatable bonds is 5. The summed E-state index contributed by atoms with van der Waals surface area (Å²) in [7, 11) is 2.01. The molecular formula is C21H26N4O2. The smallest absolute Gasteiger partial charge is 0.144 e. The molecule has 142 valence electrons. The molecule has 0 radical (unpaired) electrons. The summed E-state index contributed by atoms with van der Waals surface area (Å²) < 4.78 is 7.47. The fourth-order valence-electron chi connectivity index (χ4n) is 4.16. The van der Waals surface area contributed by atoms with E-state index < -0.39 is 0 Å². The maximum Gasteiger partial charge on any atom is 0.144 e. The fraction of sp³-hybridized carbons (Fsp3) is 0.429. The van der Waals surface area contributed by atoms with E-state index >= 15 is 0 Å². The van der Waals surface area contributed by atoms with Crippen molar-refractivity contribution in [3.05, 3.63) is 65.1 Å². The Hall–Kier alpha value is -2.44. The van der Waals surface area contributed by atoms with Crippen molar-refractivity contribution in [3.8, 4) is 0 Å². The average Bonchev–Trinajstić information content (AvgIpc) is 3.06. The molecule has 2 aromatic rings. The van der Waals surface area contributed by atoms with E-state index in [9.17, 15) is 4.79 Å². The van der Waals surface area contributed by atoms with Gasteiger partial charge in [0, 0.05) is 45.0 Å². The number of aromatic nitrogens is 2. The highest BCUT2D eigenvalue weighted by molar-refractivity contribution is 5.64. The Morgan fingerprint density at radius 1 is 1.22 bits per heavy atom. The van der Waals surface area contributed by atoms with Gasteiger partial charge in [-0.05, 0) is 23.6 Å². The topological polar surface area (TPSA) is 50.6 Å². The van der Waals surface area contributed by atoms with Gasteiger partial charge in [0.05, 0.1) is 31.1 Å². The number of fused-ring (bicyclic) bond motifs is 1. The Kier molecular flexibility index (Phi) is 5.36. The third-order valence-corrected chi connectivity index (χ3v) is 5.50. The van der Waals surface area contributed by atoms with Gasteiger partial charge in [0.25, 0.3) is 0 Å². The van der Waals surface area contributed by atoms with E-state index in [0.717, 1.165) is 52.1 Å². The predicted molar refractivity (Wildman–Crippen MR) is 103 cm³/mol. The van der Waals surface area contributed by atoms with E-state index in [2.05, 4.69) is 39.2 Å². The second-order valence-electron chi connectivity index (χ2n) is 7.13.